The van der Waals surface area contributed by atoms with Crippen LogP contribution in [0.2, 0.25) is 0 Å². The number of ether oxygens (including phenoxy) is 1. The first kappa shape index (κ1) is 21.1. The van der Waals surface area contributed by atoms with E-state index in [1.807, 2.05) is 11.1 Å². The van der Waals surface area contributed by atoms with Crippen LogP contribution in [0.1, 0.15) is 56.6 Å². The Bertz CT molecular complexity index is 1030. The predicted molar refractivity (Wildman–Crippen MR) is 116 cm³/mol. The molecular weight excluding hydrogens is 417 g/mol. The molecule has 32 heavy (non-hydrogen) atoms. The first-order chi connectivity index (χ1) is 15.5. The van der Waals surface area contributed by atoms with E-state index in [2.05, 4.69) is 15.0 Å². The maximum Gasteiger partial charge on any atom is 0.248 e. The molecule has 0 amide bonds. The molecule has 2 aromatic rings. The minimum atomic E-state index is -2.65. The summed E-state index contributed by atoms with van der Waals surface area (Å²) >= 11 is 0. The van der Waals surface area contributed by atoms with Gasteiger partial charge in [0, 0.05) is 49.1 Å². The monoisotopic (exact) mass is 442 g/mol. The van der Waals surface area contributed by atoms with Crippen LogP contribution in [-0.2, 0) is 4.74 Å². The summed E-state index contributed by atoms with van der Waals surface area (Å²) in [5.41, 5.74) is 2.02. The molecular formula is C24H25F3N4O. The molecule has 1 aliphatic heterocycles. The van der Waals surface area contributed by atoms with Gasteiger partial charge in [-0.25, -0.2) is 18.2 Å². The summed E-state index contributed by atoms with van der Waals surface area (Å²) in [5, 5.41) is 0. The average Bonchev–Trinajstić information content (AvgIpc) is 2.77. The van der Waals surface area contributed by atoms with Crippen molar-refractivity contribution in [3.63, 3.8) is 0 Å². The van der Waals surface area contributed by atoms with Crippen molar-refractivity contribution in [1.29, 1.82) is 0 Å². The number of hydrogen-bond donors (Lipinski definition) is 0. The molecule has 0 N–H and O–H groups in total. The van der Waals surface area contributed by atoms with Crippen LogP contribution < -0.4 is 4.90 Å². The van der Waals surface area contributed by atoms with E-state index in [-0.39, 0.29) is 30.6 Å². The number of rotatable bonds is 5. The van der Waals surface area contributed by atoms with Crippen molar-refractivity contribution >= 4 is 11.9 Å². The molecule has 3 aliphatic rings. The fourth-order valence-electron chi connectivity index (χ4n) is 4.49. The second kappa shape index (κ2) is 8.65. The molecule has 1 unspecified atom stereocenters. The number of alkyl halides is 2. The van der Waals surface area contributed by atoms with Crippen LogP contribution >= 0.6 is 0 Å². The van der Waals surface area contributed by atoms with Crippen molar-refractivity contribution in [2.24, 2.45) is 4.99 Å². The lowest BCUT2D eigenvalue weighted by atomic mass is 9.83. The Morgan fingerprint density at radius 2 is 1.84 bits per heavy atom. The number of aromatic nitrogens is 2. The number of aliphatic imine (C=N–C) groups is 1. The van der Waals surface area contributed by atoms with E-state index in [4.69, 9.17) is 4.74 Å². The SMILES string of the molecule is Fc1cccnc1-c1ccnc(C2CCC(F)(F)CC2)c1N1C=CC=NC1OC1CCC1. The van der Waals surface area contributed by atoms with Crippen molar-refractivity contribution in [3.05, 3.63) is 54.4 Å². The van der Waals surface area contributed by atoms with Gasteiger partial charge < -0.3 is 9.64 Å². The van der Waals surface area contributed by atoms with E-state index < -0.39 is 18.1 Å². The van der Waals surface area contributed by atoms with Crippen molar-refractivity contribution < 1.29 is 17.9 Å². The molecule has 2 fully saturated rings. The Labute approximate surface area is 185 Å². The molecule has 2 aromatic heterocycles. The molecule has 0 saturated heterocycles. The number of halogens is 3. The smallest absolute Gasteiger partial charge is 0.248 e. The van der Waals surface area contributed by atoms with Gasteiger partial charge in [0.1, 0.15) is 11.5 Å². The minimum absolute atomic E-state index is 0.120. The molecule has 5 nitrogen and oxygen atoms in total. The molecule has 2 saturated carbocycles. The number of nitrogens with zero attached hydrogens (tertiary/aromatic N) is 4. The highest BCUT2D eigenvalue weighted by atomic mass is 19.3. The van der Waals surface area contributed by atoms with Gasteiger partial charge >= 0.3 is 0 Å². The van der Waals surface area contributed by atoms with Crippen LogP contribution in [0.4, 0.5) is 18.9 Å². The minimum Gasteiger partial charge on any atom is -0.335 e. The van der Waals surface area contributed by atoms with Gasteiger partial charge in [-0.3, -0.25) is 9.97 Å². The van der Waals surface area contributed by atoms with Crippen LogP contribution in [0.3, 0.4) is 0 Å². The predicted octanol–water partition coefficient (Wildman–Crippen LogP) is 5.83. The molecule has 0 aromatic carbocycles. The summed E-state index contributed by atoms with van der Waals surface area (Å²) in [6, 6.07) is 4.62. The fourth-order valence-corrected chi connectivity index (χ4v) is 4.49. The van der Waals surface area contributed by atoms with Crippen LogP contribution in [0.5, 0.6) is 0 Å². The molecule has 2 aliphatic carbocycles. The average molecular weight is 442 g/mol. The first-order valence-corrected chi connectivity index (χ1v) is 11.1. The van der Waals surface area contributed by atoms with Gasteiger partial charge in [-0.15, -0.1) is 0 Å². The van der Waals surface area contributed by atoms with Gasteiger partial charge in [-0.2, -0.15) is 0 Å². The standard InChI is InChI=1S/C24H25F3N4O/c25-19-6-2-12-28-21(19)18-9-14-29-20(16-7-10-24(26,27)11-8-16)22(18)31-15-3-13-30-23(31)32-17-4-1-5-17/h2-3,6,9,12-17,23H,1,4-5,7-8,10-11H2. The van der Waals surface area contributed by atoms with Gasteiger partial charge in [0.25, 0.3) is 0 Å². The summed E-state index contributed by atoms with van der Waals surface area (Å²) in [6.07, 6.45) is 11.3. The largest absolute Gasteiger partial charge is 0.335 e. The van der Waals surface area contributed by atoms with Crippen molar-refractivity contribution in [1.82, 2.24) is 9.97 Å². The van der Waals surface area contributed by atoms with Crippen molar-refractivity contribution in [3.8, 4) is 11.3 Å². The van der Waals surface area contributed by atoms with Gasteiger partial charge in [0.05, 0.1) is 17.5 Å². The van der Waals surface area contributed by atoms with Gasteiger partial charge in [0.2, 0.25) is 12.3 Å². The quantitative estimate of drug-likeness (QED) is 0.584. The number of allylic oxidation sites excluding steroid dienone is 1. The molecule has 5 rings (SSSR count). The normalized spacial score (nSPS) is 23.3. The summed E-state index contributed by atoms with van der Waals surface area (Å²) in [7, 11) is 0. The maximum absolute atomic E-state index is 14.8. The summed E-state index contributed by atoms with van der Waals surface area (Å²) in [6.45, 7) is 0. The van der Waals surface area contributed by atoms with E-state index in [1.54, 1.807) is 24.6 Å². The van der Waals surface area contributed by atoms with Gasteiger partial charge in [-0.1, -0.05) is 0 Å². The number of hydrogen-bond acceptors (Lipinski definition) is 5. The second-order valence-corrected chi connectivity index (χ2v) is 8.62. The second-order valence-electron chi connectivity index (χ2n) is 8.62. The number of pyridine rings is 2. The first-order valence-electron chi connectivity index (χ1n) is 11.1. The third kappa shape index (κ3) is 4.16. The van der Waals surface area contributed by atoms with E-state index in [0.29, 0.717) is 29.8 Å². The lowest BCUT2D eigenvalue weighted by Crippen LogP contribution is -2.39. The maximum atomic E-state index is 14.8. The fraction of sp³-hybridized carbons (Fsp3) is 0.458. The van der Waals surface area contributed by atoms with Gasteiger partial charge in [-0.05, 0) is 56.4 Å². The summed E-state index contributed by atoms with van der Waals surface area (Å²) in [4.78, 5) is 15.2. The van der Waals surface area contributed by atoms with Crippen LogP contribution in [-0.4, -0.2) is 34.6 Å². The zero-order chi connectivity index (χ0) is 22.1. The Hall–Kier alpha value is -2.74. The molecule has 0 bridgehead atoms. The molecule has 168 valence electrons. The Balaban J connectivity index is 1.60. The zero-order valence-corrected chi connectivity index (χ0v) is 17.6. The Morgan fingerprint density at radius 3 is 2.56 bits per heavy atom. The summed E-state index contributed by atoms with van der Waals surface area (Å²) < 4.78 is 48.7. The molecule has 8 heteroatoms. The van der Waals surface area contributed by atoms with Crippen molar-refractivity contribution in [2.45, 2.75) is 69.2 Å². The molecule has 3 heterocycles. The van der Waals surface area contributed by atoms with E-state index in [9.17, 15) is 13.2 Å². The third-order valence-electron chi connectivity index (χ3n) is 6.48. The Kier molecular flexibility index (Phi) is 5.71. The van der Waals surface area contributed by atoms with E-state index >= 15 is 0 Å². The van der Waals surface area contributed by atoms with E-state index in [0.717, 1.165) is 19.3 Å². The lowest BCUT2D eigenvalue weighted by Gasteiger charge is -2.38. The highest BCUT2D eigenvalue weighted by Gasteiger charge is 2.38. The summed E-state index contributed by atoms with van der Waals surface area (Å²) in [5.74, 6) is -3.27. The van der Waals surface area contributed by atoms with Crippen LogP contribution in [0.25, 0.3) is 11.3 Å². The van der Waals surface area contributed by atoms with Crippen LogP contribution in [0.15, 0.2) is 47.9 Å². The highest BCUT2D eigenvalue weighted by molar-refractivity contribution is 5.82. The third-order valence-corrected chi connectivity index (χ3v) is 6.48. The molecule has 1 atom stereocenters. The zero-order valence-electron chi connectivity index (χ0n) is 17.6. The molecule has 0 radical (unpaired) electrons. The topological polar surface area (TPSA) is 50.6 Å². The van der Waals surface area contributed by atoms with Crippen LogP contribution in [0, 0.1) is 5.82 Å². The van der Waals surface area contributed by atoms with Gasteiger partial charge in [0.15, 0.2) is 0 Å². The Morgan fingerprint density at radius 1 is 1.03 bits per heavy atom. The number of anilines is 1. The molecule has 0 spiro atoms. The van der Waals surface area contributed by atoms with Crippen molar-refractivity contribution in [2.75, 3.05) is 4.90 Å². The lowest BCUT2D eigenvalue weighted by molar-refractivity contribution is -0.0450. The highest BCUT2D eigenvalue weighted by Crippen LogP contribution is 2.46. The van der Waals surface area contributed by atoms with E-state index in [1.165, 1.54) is 18.3 Å².